The predicted octanol–water partition coefficient (Wildman–Crippen LogP) is 3.89. The van der Waals surface area contributed by atoms with Crippen LogP contribution in [0.3, 0.4) is 0 Å². The second-order valence-corrected chi connectivity index (χ2v) is 7.29. The Morgan fingerprint density at radius 3 is 2.33 bits per heavy atom. The van der Waals surface area contributed by atoms with E-state index in [1.165, 1.54) is 10.9 Å². The molecule has 3 aromatic rings. The molecule has 0 unspecified atom stereocenters. The number of anilines is 2. The molecule has 1 amide bonds. The minimum atomic E-state index is -4.74. The van der Waals surface area contributed by atoms with E-state index in [-0.39, 0.29) is 5.69 Å². The number of amides is 1. The standard InChI is InChI=1S/C21H19F5N6O/c22-19(23)18-16(29-20(33)15-2-1-3-17(28-15)21(24,25)26)12-32(30-18)14-6-4-13(5-7-14)31-10-8-27-9-11-31/h1-7,12,19,27H,8-11H2,(H,29,33). The Morgan fingerprint density at radius 2 is 1.70 bits per heavy atom. The van der Waals surface area contributed by atoms with Crippen molar-refractivity contribution < 1.29 is 26.7 Å². The number of hydrogen-bond donors (Lipinski definition) is 2. The molecule has 1 fully saturated rings. The van der Waals surface area contributed by atoms with E-state index in [0.29, 0.717) is 11.8 Å². The average Bonchev–Trinajstić information content (AvgIpc) is 3.23. The van der Waals surface area contributed by atoms with Crippen LogP contribution in [0.15, 0.2) is 48.7 Å². The molecular formula is C21H19F5N6O. The number of halogens is 5. The fourth-order valence-corrected chi connectivity index (χ4v) is 3.42. The van der Waals surface area contributed by atoms with Gasteiger partial charge in [-0.2, -0.15) is 18.3 Å². The van der Waals surface area contributed by atoms with Gasteiger partial charge in [-0.1, -0.05) is 6.07 Å². The van der Waals surface area contributed by atoms with Gasteiger partial charge in [0.2, 0.25) is 0 Å². The molecule has 0 aliphatic carbocycles. The summed E-state index contributed by atoms with van der Waals surface area (Å²) in [4.78, 5) is 17.9. The molecule has 1 saturated heterocycles. The van der Waals surface area contributed by atoms with Gasteiger partial charge in [0, 0.05) is 31.9 Å². The first-order chi connectivity index (χ1) is 15.7. The van der Waals surface area contributed by atoms with Gasteiger partial charge in [-0.25, -0.2) is 18.4 Å². The number of carbonyl (C=O) groups is 1. The first kappa shape index (κ1) is 22.6. The van der Waals surface area contributed by atoms with E-state index in [2.05, 4.69) is 25.6 Å². The van der Waals surface area contributed by atoms with Gasteiger partial charge in [0.25, 0.3) is 12.3 Å². The van der Waals surface area contributed by atoms with Gasteiger partial charge in [-0.3, -0.25) is 4.79 Å². The third-order valence-corrected chi connectivity index (χ3v) is 5.07. The average molecular weight is 466 g/mol. The number of rotatable bonds is 5. The Hall–Kier alpha value is -3.54. The van der Waals surface area contributed by atoms with Crippen molar-refractivity contribution in [2.24, 2.45) is 0 Å². The van der Waals surface area contributed by atoms with Crippen molar-refractivity contribution in [1.29, 1.82) is 0 Å². The topological polar surface area (TPSA) is 75.1 Å². The third kappa shape index (κ3) is 5.11. The van der Waals surface area contributed by atoms with E-state index in [1.807, 2.05) is 12.1 Å². The van der Waals surface area contributed by atoms with Gasteiger partial charge in [-0.05, 0) is 36.4 Å². The lowest BCUT2D eigenvalue weighted by Crippen LogP contribution is -2.43. The molecule has 0 bridgehead atoms. The molecule has 1 aliphatic rings. The van der Waals surface area contributed by atoms with Crippen LogP contribution in [0.5, 0.6) is 0 Å². The lowest BCUT2D eigenvalue weighted by molar-refractivity contribution is -0.141. The van der Waals surface area contributed by atoms with E-state index in [1.54, 1.807) is 12.1 Å². The number of nitrogens with zero attached hydrogens (tertiary/aromatic N) is 4. The van der Waals surface area contributed by atoms with Gasteiger partial charge >= 0.3 is 6.18 Å². The van der Waals surface area contributed by atoms with Crippen LogP contribution >= 0.6 is 0 Å². The Kier molecular flexibility index (Phi) is 6.27. The van der Waals surface area contributed by atoms with Crippen LogP contribution < -0.4 is 15.5 Å². The van der Waals surface area contributed by atoms with Crippen LogP contribution in [0.4, 0.5) is 33.3 Å². The minimum absolute atomic E-state index is 0.319. The quantitative estimate of drug-likeness (QED) is 0.559. The highest BCUT2D eigenvalue weighted by Crippen LogP contribution is 2.29. The number of alkyl halides is 5. The molecule has 174 valence electrons. The number of carbonyl (C=O) groups excluding carboxylic acids is 1. The second-order valence-electron chi connectivity index (χ2n) is 7.29. The zero-order valence-electron chi connectivity index (χ0n) is 17.1. The third-order valence-electron chi connectivity index (χ3n) is 5.07. The van der Waals surface area contributed by atoms with Crippen molar-refractivity contribution in [2.75, 3.05) is 36.4 Å². The molecule has 0 spiro atoms. The summed E-state index contributed by atoms with van der Waals surface area (Å²) in [5, 5.41) is 9.30. The number of aromatic nitrogens is 3. The molecule has 0 radical (unpaired) electrons. The highest BCUT2D eigenvalue weighted by Gasteiger charge is 2.33. The summed E-state index contributed by atoms with van der Waals surface area (Å²) in [6.45, 7) is 3.41. The maximum absolute atomic E-state index is 13.5. The number of nitrogens with one attached hydrogen (secondary N) is 2. The van der Waals surface area contributed by atoms with Crippen molar-refractivity contribution in [3.8, 4) is 5.69 Å². The van der Waals surface area contributed by atoms with Crippen LogP contribution in [-0.2, 0) is 6.18 Å². The maximum atomic E-state index is 13.5. The highest BCUT2D eigenvalue weighted by atomic mass is 19.4. The molecule has 33 heavy (non-hydrogen) atoms. The fourth-order valence-electron chi connectivity index (χ4n) is 3.42. The second kappa shape index (κ2) is 9.14. The number of benzene rings is 1. The zero-order valence-corrected chi connectivity index (χ0v) is 17.1. The minimum Gasteiger partial charge on any atom is -0.369 e. The maximum Gasteiger partial charge on any atom is 0.433 e. The van der Waals surface area contributed by atoms with Crippen LogP contribution in [0.2, 0.25) is 0 Å². The summed E-state index contributed by atoms with van der Waals surface area (Å²) in [6, 6.07) is 9.89. The molecule has 7 nitrogen and oxygen atoms in total. The predicted molar refractivity (Wildman–Crippen MR) is 111 cm³/mol. The Bertz CT molecular complexity index is 1120. The summed E-state index contributed by atoms with van der Waals surface area (Å²) in [6.07, 6.45) is -6.57. The van der Waals surface area contributed by atoms with Gasteiger partial charge in [0.15, 0.2) is 5.69 Å². The van der Waals surface area contributed by atoms with Gasteiger partial charge in [0.05, 0.1) is 17.6 Å². The van der Waals surface area contributed by atoms with Gasteiger partial charge < -0.3 is 15.5 Å². The summed E-state index contributed by atoms with van der Waals surface area (Å²) in [5.41, 5.74) is -1.39. The summed E-state index contributed by atoms with van der Waals surface area (Å²) < 4.78 is 66.8. The first-order valence-corrected chi connectivity index (χ1v) is 10.0. The normalized spacial score (nSPS) is 14.5. The van der Waals surface area contributed by atoms with E-state index >= 15 is 0 Å². The highest BCUT2D eigenvalue weighted by molar-refractivity contribution is 6.03. The molecule has 2 aromatic heterocycles. The molecule has 4 rings (SSSR count). The molecule has 3 heterocycles. The molecular weight excluding hydrogens is 447 g/mol. The monoisotopic (exact) mass is 466 g/mol. The SMILES string of the molecule is O=C(Nc1cn(-c2ccc(N3CCNCC3)cc2)nc1C(F)F)c1cccc(C(F)(F)F)n1. The van der Waals surface area contributed by atoms with E-state index in [4.69, 9.17) is 0 Å². The fraction of sp³-hybridized carbons (Fsp3) is 0.286. The zero-order chi connectivity index (χ0) is 23.6. The summed E-state index contributed by atoms with van der Waals surface area (Å²) in [7, 11) is 0. The molecule has 2 N–H and O–H groups in total. The van der Waals surface area contributed by atoms with E-state index in [0.717, 1.165) is 44.0 Å². The van der Waals surface area contributed by atoms with Crippen molar-refractivity contribution in [1.82, 2.24) is 20.1 Å². The van der Waals surface area contributed by atoms with E-state index < -0.39 is 35.6 Å². The van der Waals surface area contributed by atoms with Crippen LogP contribution in [0, 0.1) is 0 Å². The van der Waals surface area contributed by atoms with Crippen molar-refractivity contribution in [3.05, 3.63) is 65.7 Å². The molecule has 0 atom stereocenters. The number of pyridine rings is 1. The Balaban J connectivity index is 1.56. The molecule has 1 aliphatic heterocycles. The number of piperazine rings is 1. The Labute approximate surface area is 185 Å². The largest absolute Gasteiger partial charge is 0.433 e. The lowest BCUT2D eigenvalue weighted by Gasteiger charge is -2.29. The van der Waals surface area contributed by atoms with Crippen molar-refractivity contribution >= 4 is 17.3 Å². The van der Waals surface area contributed by atoms with E-state index in [9.17, 15) is 26.7 Å². The van der Waals surface area contributed by atoms with Crippen molar-refractivity contribution in [3.63, 3.8) is 0 Å². The first-order valence-electron chi connectivity index (χ1n) is 10.0. The van der Waals surface area contributed by atoms with Crippen LogP contribution in [0.1, 0.15) is 28.3 Å². The van der Waals surface area contributed by atoms with Crippen LogP contribution in [-0.4, -0.2) is 46.9 Å². The van der Waals surface area contributed by atoms with Crippen LogP contribution in [0.25, 0.3) is 5.69 Å². The lowest BCUT2D eigenvalue weighted by atomic mass is 10.2. The summed E-state index contributed by atoms with van der Waals surface area (Å²) >= 11 is 0. The smallest absolute Gasteiger partial charge is 0.369 e. The van der Waals surface area contributed by atoms with Gasteiger partial charge in [-0.15, -0.1) is 0 Å². The number of hydrogen-bond acceptors (Lipinski definition) is 5. The summed E-state index contributed by atoms with van der Waals surface area (Å²) in [5.74, 6) is -1.06. The Morgan fingerprint density at radius 1 is 1.03 bits per heavy atom. The molecule has 1 aromatic carbocycles. The van der Waals surface area contributed by atoms with Crippen molar-refractivity contribution in [2.45, 2.75) is 12.6 Å². The van der Waals surface area contributed by atoms with Gasteiger partial charge in [0.1, 0.15) is 11.4 Å². The molecule has 12 heteroatoms. The molecule has 0 saturated carbocycles.